The van der Waals surface area contributed by atoms with E-state index in [1.165, 1.54) is 0 Å². The van der Waals surface area contributed by atoms with E-state index in [4.69, 9.17) is 14.3 Å². The summed E-state index contributed by atoms with van der Waals surface area (Å²) < 4.78 is 34.5. The van der Waals surface area contributed by atoms with E-state index in [2.05, 4.69) is 0 Å². The molecule has 0 rings (SSSR count). The first kappa shape index (κ1) is 58.8. The predicted octanol–water partition coefficient (Wildman–Crippen LogP) is -12.7. The summed E-state index contributed by atoms with van der Waals surface area (Å²) in [5, 5.41) is 0. The quantitative estimate of drug-likeness (QED) is 0.393. The third kappa shape index (κ3) is 186. The number of hydrogen-bond acceptors (Lipinski definition) is 4. The minimum absolute atomic E-state index is 0. The van der Waals surface area contributed by atoms with Gasteiger partial charge in [-0.1, -0.05) is 0 Å². The van der Waals surface area contributed by atoms with Crippen molar-refractivity contribution in [3.63, 3.8) is 0 Å². The van der Waals surface area contributed by atoms with Crippen LogP contribution in [0.1, 0.15) is 0 Å². The zero-order chi connectivity index (χ0) is 4.50. The van der Waals surface area contributed by atoms with Crippen LogP contribution in [0.2, 0.25) is 0 Å². The maximum absolute atomic E-state index is 8.63. The minimum atomic E-state index is -6.02. The summed E-state index contributed by atoms with van der Waals surface area (Å²) in [5.74, 6) is 0. The van der Waals surface area contributed by atoms with Crippen molar-refractivity contribution in [3.05, 3.63) is 0 Å². The molecule has 9 nitrogen and oxygen atoms in total. The molecule has 0 saturated heterocycles. The molecule has 0 radical (unpaired) electrons. The van der Waals surface area contributed by atoms with Crippen molar-refractivity contribution >= 4 is 0 Å². The van der Waals surface area contributed by atoms with Crippen LogP contribution < -0.4 is 110 Å². The van der Waals surface area contributed by atoms with Crippen molar-refractivity contribution in [2.75, 3.05) is 0 Å². The van der Waals surface area contributed by atoms with Crippen LogP contribution >= 0.6 is 0 Å². The van der Waals surface area contributed by atoms with Gasteiger partial charge in [0.2, 0.25) is 0 Å². The van der Waals surface area contributed by atoms with Crippen LogP contribution in [-0.4, -0.2) is 27.4 Å². The Morgan fingerprint density at radius 3 is 0.667 bits per heavy atom. The summed E-state index contributed by atoms with van der Waals surface area (Å²) in [6, 6.07) is 0. The van der Waals surface area contributed by atoms with Crippen molar-refractivity contribution in [2.45, 2.75) is 0 Å². The van der Waals surface area contributed by atoms with Gasteiger partial charge >= 0.3 is 134 Å². The normalized spacial score (nSPS) is 4.83. The molecule has 0 heterocycles. The van der Waals surface area contributed by atoms with Gasteiger partial charge in [0.1, 0.15) is 0 Å². The Morgan fingerprint density at radius 1 is 0.667 bits per heavy atom. The molecule has 0 saturated carbocycles. The monoisotopic (exact) mass is 330 g/mol. The van der Waals surface area contributed by atoms with E-state index in [1.54, 1.807) is 0 Å². The summed E-state index contributed by atoms with van der Waals surface area (Å²) in [6.45, 7) is 0. The van der Waals surface area contributed by atoms with E-state index in [0.717, 1.165) is 0 Å². The maximum atomic E-state index is 8.63. The number of rotatable bonds is 0. The molecule has 0 amide bonds. The van der Waals surface area contributed by atoms with Crippen LogP contribution in [0, 0.1) is 0 Å². The Hall–Kier alpha value is 3.28. The zero-order valence-electron chi connectivity index (χ0n) is 6.54. The van der Waals surface area contributed by atoms with Gasteiger partial charge in [0, 0.05) is 0 Å². The van der Waals surface area contributed by atoms with Gasteiger partial charge in [0.15, 0.2) is 0 Å². The molecule has 12 heavy (non-hydrogen) atoms. The Bertz CT molecular complexity index is 95.7. The summed E-state index contributed by atoms with van der Waals surface area (Å²) in [7, 11) is 0. The molecule has 0 spiro atoms. The molecule has 0 aromatic carbocycles. The molecule has 0 atom stereocenters. The average Bonchev–Trinajstić information content (AvgIpc) is 0.722. The standard InChI is InChI=1S/2K.Mo.5H2O.4O/h;;;5*1H2;;;;/q2*+1;;;;;;;;;2*-1. The van der Waals surface area contributed by atoms with E-state index in [0.29, 0.717) is 0 Å². The van der Waals surface area contributed by atoms with E-state index in [-0.39, 0.29) is 130 Å². The zero-order valence-corrected chi connectivity index (χ0v) is 14.8. The molecule has 0 aliphatic rings. The topological polar surface area (TPSA) is 238 Å². The van der Waals surface area contributed by atoms with Gasteiger partial charge in [-0.05, 0) is 0 Å². The van der Waals surface area contributed by atoms with Crippen LogP contribution in [0.3, 0.4) is 0 Å². The predicted molar refractivity (Wildman–Crippen MR) is 19.4 cm³/mol. The van der Waals surface area contributed by atoms with Gasteiger partial charge < -0.3 is 27.4 Å². The molecule has 12 heteroatoms. The van der Waals surface area contributed by atoms with Crippen molar-refractivity contribution < 1.29 is 161 Å². The second-order valence-electron chi connectivity index (χ2n) is 0.408. The Balaban J connectivity index is -0.00000000381. The molecule has 0 aliphatic carbocycles. The number of hydrogen-bond donors (Lipinski definition) is 0. The molecule has 10 N–H and O–H groups in total. The molecular formula is H10K2MoO9. The molecule has 0 aliphatic heterocycles. The van der Waals surface area contributed by atoms with Crippen LogP contribution in [-0.2, 0) is 23.5 Å². The second-order valence-corrected chi connectivity index (χ2v) is 2.42. The van der Waals surface area contributed by atoms with Crippen LogP contribution in [0.15, 0.2) is 0 Å². The SMILES string of the molecule is O.O.O.O.O.[K+].[K+].[O]=[Mo](=[O])([O-])[O-]. The Morgan fingerprint density at radius 2 is 0.667 bits per heavy atom. The average molecular weight is 328 g/mol. The third-order valence-corrected chi connectivity index (χ3v) is 0. The third-order valence-electron chi connectivity index (χ3n) is 0. The van der Waals surface area contributed by atoms with Gasteiger partial charge in [0.05, 0.1) is 0 Å². The summed E-state index contributed by atoms with van der Waals surface area (Å²) in [6.07, 6.45) is 0. The van der Waals surface area contributed by atoms with Gasteiger partial charge in [-0.3, -0.25) is 0 Å². The summed E-state index contributed by atoms with van der Waals surface area (Å²) in [4.78, 5) is 0. The van der Waals surface area contributed by atoms with Crippen molar-refractivity contribution in [2.24, 2.45) is 0 Å². The fraction of sp³-hybridized carbons (Fsp3) is 0. The first-order chi connectivity index (χ1) is 2.00. The molecule has 72 valence electrons. The van der Waals surface area contributed by atoms with Crippen LogP contribution in [0.25, 0.3) is 0 Å². The van der Waals surface area contributed by atoms with Crippen LogP contribution in [0.5, 0.6) is 0 Å². The second kappa shape index (κ2) is 29.2. The van der Waals surface area contributed by atoms with E-state index in [1.807, 2.05) is 0 Å². The first-order valence-electron chi connectivity index (χ1n) is 0.667. The van der Waals surface area contributed by atoms with Gasteiger partial charge in [-0.2, -0.15) is 0 Å². The molecular weight excluding hydrogens is 318 g/mol. The molecule has 0 aromatic heterocycles. The summed E-state index contributed by atoms with van der Waals surface area (Å²) in [5.41, 5.74) is 0. The van der Waals surface area contributed by atoms with Crippen molar-refractivity contribution in [3.8, 4) is 0 Å². The van der Waals surface area contributed by atoms with E-state index in [9.17, 15) is 0 Å². The molecule has 0 bridgehead atoms. The van der Waals surface area contributed by atoms with E-state index >= 15 is 0 Å². The molecule has 0 fully saturated rings. The van der Waals surface area contributed by atoms with Crippen molar-refractivity contribution in [1.29, 1.82) is 0 Å². The fourth-order valence-corrected chi connectivity index (χ4v) is 0. The van der Waals surface area contributed by atoms with Gasteiger partial charge in [0.25, 0.3) is 0 Å². The van der Waals surface area contributed by atoms with Crippen LogP contribution in [0.4, 0.5) is 0 Å². The van der Waals surface area contributed by atoms with E-state index < -0.39 is 16.7 Å². The fourth-order valence-electron chi connectivity index (χ4n) is 0. The van der Waals surface area contributed by atoms with Gasteiger partial charge in [-0.15, -0.1) is 0 Å². The van der Waals surface area contributed by atoms with Gasteiger partial charge in [-0.25, -0.2) is 0 Å². The summed E-state index contributed by atoms with van der Waals surface area (Å²) >= 11 is -6.02. The molecule has 0 aromatic rings. The Labute approximate surface area is 157 Å². The van der Waals surface area contributed by atoms with Crippen molar-refractivity contribution in [1.82, 2.24) is 0 Å². The Kier molecular flexibility index (Phi) is 143. The molecule has 0 unspecified atom stereocenters. The first-order valence-corrected chi connectivity index (χ1v) is 3.94.